The van der Waals surface area contributed by atoms with Gasteiger partial charge < -0.3 is 11.1 Å². The van der Waals surface area contributed by atoms with Gasteiger partial charge in [0.2, 0.25) is 0 Å². The van der Waals surface area contributed by atoms with Crippen molar-refractivity contribution in [1.29, 1.82) is 0 Å². The van der Waals surface area contributed by atoms with Crippen LogP contribution < -0.4 is 16.4 Å². The van der Waals surface area contributed by atoms with Crippen molar-refractivity contribution in [2.24, 2.45) is 13.0 Å². The summed E-state index contributed by atoms with van der Waals surface area (Å²) in [5, 5.41) is 11.4. The highest BCUT2D eigenvalue weighted by molar-refractivity contribution is 6.35. The maximum Gasteiger partial charge on any atom is 0.320 e. The molecule has 4 N–H and O–H groups in total. The van der Waals surface area contributed by atoms with Crippen LogP contribution in [-0.4, -0.2) is 37.3 Å². The van der Waals surface area contributed by atoms with E-state index in [-0.39, 0.29) is 17.7 Å². The number of halogens is 1. The summed E-state index contributed by atoms with van der Waals surface area (Å²) in [4.78, 5) is 25.9. The minimum atomic E-state index is -0.366. The molecular formula is C22H21ClN8O. The molecule has 1 saturated carbocycles. The molecule has 5 rings (SSSR count). The van der Waals surface area contributed by atoms with Crippen molar-refractivity contribution >= 4 is 40.2 Å². The molecule has 3 aromatic heterocycles. The molecule has 3 heterocycles. The highest BCUT2D eigenvalue weighted by atomic mass is 35.5. The normalized spacial score (nSPS) is 13.3. The first-order chi connectivity index (χ1) is 15.5. The van der Waals surface area contributed by atoms with Gasteiger partial charge in [0.1, 0.15) is 17.1 Å². The van der Waals surface area contributed by atoms with Gasteiger partial charge in [-0.3, -0.25) is 15.0 Å². The number of carbonyl (C=O) groups excluding carboxylic acids is 1. The number of rotatable bonds is 5. The van der Waals surface area contributed by atoms with Crippen molar-refractivity contribution in [3.63, 3.8) is 0 Å². The Labute approximate surface area is 189 Å². The van der Waals surface area contributed by atoms with E-state index in [1.165, 1.54) is 0 Å². The molecule has 1 aromatic carbocycles. The van der Waals surface area contributed by atoms with Crippen LogP contribution in [0.5, 0.6) is 0 Å². The van der Waals surface area contributed by atoms with Gasteiger partial charge in [0.15, 0.2) is 11.6 Å². The lowest BCUT2D eigenvalue weighted by Gasteiger charge is -2.14. The minimum Gasteiger partial charge on any atom is -0.381 e. The summed E-state index contributed by atoms with van der Waals surface area (Å²) >= 11 is 6.51. The number of hydrogen-bond donors (Lipinski definition) is 3. The summed E-state index contributed by atoms with van der Waals surface area (Å²) in [7, 11) is 1.82. The Morgan fingerprint density at radius 3 is 2.84 bits per heavy atom. The summed E-state index contributed by atoms with van der Waals surface area (Å²) in [5.74, 6) is 0.833. The van der Waals surface area contributed by atoms with Gasteiger partial charge in [-0.1, -0.05) is 17.7 Å². The zero-order chi connectivity index (χ0) is 22.2. The van der Waals surface area contributed by atoms with Gasteiger partial charge in [0.25, 0.3) is 0 Å². The summed E-state index contributed by atoms with van der Waals surface area (Å²) in [5.41, 5.74) is 9.17. The Morgan fingerprint density at radius 2 is 2.09 bits per heavy atom. The Balaban J connectivity index is 1.60. The Hall–Kier alpha value is -3.72. The number of nitrogens with two attached hydrogens (primary N) is 1. The van der Waals surface area contributed by atoms with Crippen LogP contribution in [0.25, 0.3) is 33.5 Å². The number of urea groups is 1. The van der Waals surface area contributed by atoms with Crippen LogP contribution in [0.15, 0.2) is 42.7 Å². The fourth-order valence-electron chi connectivity index (χ4n) is 3.46. The molecule has 1 fully saturated rings. The van der Waals surface area contributed by atoms with Crippen molar-refractivity contribution < 1.29 is 4.79 Å². The maximum absolute atomic E-state index is 12.3. The van der Waals surface area contributed by atoms with Gasteiger partial charge in [-0.05, 0) is 43.0 Å². The first kappa shape index (κ1) is 20.2. The number of aryl methyl sites for hydroxylation is 1. The molecule has 9 nitrogen and oxygen atoms in total. The standard InChI is InChI=1S/C22H21ClN8O/c1-31-8-6-16(30-31)19-18(14-9-13-3-2-7-25-17(13)15(23)10-14)28-21(20(24)27-19)29-22(32)26-11-12-4-5-12/h2-3,6-10,12H,4-5,11H2,1H3,(H2,24,27)(H2,26,28,29,32). The zero-order valence-electron chi connectivity index (χ0n) is 17.3. The zero-order valence-corrected chi connectivity index (χ0v) is 18.1. The highest BCUT2D eigenvalue weighted by Crippen LogP contribution is 2.35. The summed E-state index contributed by atoms with van der Waals surface area (Å²) in [6.07, 6.45) is 5.79. The molecule has 4 aromatic rings. The van der Waals surface area contributed by atoms with Gasteiger partial charge in [-0.25, -0.2) is 14.8 Å². The van der Waals surface area contributed by atoms with Crippen molar-refractivity contribution in [2.45, 2.75) is 12.8 Å². The molecule has 0 unspecified atom stereocenters. The Kier molecular flexibility index (Phi) is 5.10. The fourth-order valence-corrected chi connectivity index (χ4v) is 3.73. The van der Waals surface area contributed by atoms with E-state index >= 15 is 0 Å². The van der Waals surface area contributed by atoms with E-state index in [1.807, 2.05) is 37.5 Å². The predicted molar refractivity (Wildman–Crippen MR) is 124 cm³/mol. The number of amides is 2. The third-order valence-electron chi connectivity index (χ3n) is 5.29. The van der Waals surface area contributed by atoms with Gasteiger partial charge in [-0.2, -0.15) is 5.10 Å². The molecule has 10 heteroatoms. The predicted octanol–water partition coefficient (Wildman–Crippen LogP) is 3.86. The quantitative estimate of drug-likeness (QED) is 0.426. The van der Waals surface area contributed by atoms with Crippen LogP contribution in [0.4, 0.5) is 16.4 Å². The lowest BCUT2D eigenvalue weighted by Crippen LogP contribution is -2.31. The third-order valence-corrected chi connectivity index (χ3v) is 5.58. The van der Waals surface area contributed by atoms with Crippen LogP contribution in [-0.2, 0) is 7.05 Å². The van der Waals surface area contributed by atoms with Crippen LogP contribution >= 0.6 is 11.6 Å². The summed E-state index contributed by atoms with van der Waals surface area (Å²) < 4.78 is 1.67. The number of nitrogens with zero attached hydrogens (tertiary/aromatic N) is 5. The molecule has 0 radical (unpaired) electrons. The van der Waals surface area contributed by atoms with Crippen molar-refractivity contribution in [3.05, 3.63) is 47.7 Å². The van der Waals surface area contributed by atoms with Crippen molar-refractivity contribution in [3.8, 4) is 22.6 Å². The van der Waals surface area contributed by atoms with E-state index in [4.69, 9.17) is 17.3 Å². The Bertz CT molecular complexity index is 1330. The van der Waals surface area contributed by atoms with Gasteiger partial charge >= 0.3 is 6.03 Å². The second-order valence-electron chi connectivity index (χ2n) is 7.84. The number of carbonyl (C=O) groups is 1. The molecule has 2 amide bonds. The minimum absolute atomic E-state index is 0.101. The SMILES string of the molecule is Cn1ccc(-c2nc(N)c(NC(=O)NCC3CC3)nc2-c2cc(Cl)c3ncccc3c2)n1. The summed E-state index contributed by atoms with van der Waals surface area (Å²) in [6.45, 7) is 0.630. The van der Waals surface area contributed by atoms with E-state index in [0.717, 1.165) is 18.2 Å². The molecule has 0 bridgehead atoms. The fraction of sp³-hybridized carbons (Fsp3) is 0.227. The van der Waals surface area contributed by atoms with Crippen LogP contribution in [0, 0.1) is 5.92 Å². The number of pyridine rings is 1. The topological polar surface area (TPSA) is 124 Å². The number of nitrogen functional groups attached to an aromatic ring is 1. The molecule has 32 heavy (non-hydrogen) atoms. The molecular weight excluding hydrogens is 428 g/mol. The number of aromatic nitrogens is 5. The number of benzene rings is 1. The number of anilines is 2. The smallest absolute Gasteiger partial charge is 0.320 e. The van der Waals surface area contributed by atoms with Crippen LogP contribution in [0.1, 0.15) is 12.8 Å². The lowest BCUT2D eigenvalue weighted by molar-refractivity contribution is 0.251. The molecule has 0 saturated heterocycles. The lowest BCUT2D eigenvalue weighted by atomic mass is 10.0. The first-order valence-electron chi connectivity index (χ1n) is 10.2. The monoisotopic (exact) mass is 448 g/mol. The highest BCUT2D eigenvalue weighted by Gasteiger charge is 2.23. The number of fused-ring (bicyclic) bond motifs is 1. The number of hydrogen-bond acceptors (Lipinski definition) is 6. The molecule has 0 spiro atoms. The third kappa shape index (κ3) is 4.06. The maximum atomic E-state index is 12.3. The van der Waals surface area contributed by atoms with E-state index in [9.17, 15) is 4.79 Å². The Morgan fingerprint density at radius 1 is 1.25 bits per heavy atom. The number of nitrogens with one attached hydrogen (secondary N) is 2. The average molecular weight is 449 g/mol. The molecule has 1 aliphatic rings. The van der Waals surface area contributed by atoms with E-state index < -0.39 is 0 Å². The van der Waals surface area contributed by atoms with E-state index in [2.05, 4.69) is 30.7 Å². The van der Waals surface area contributed by atoms with E-state index in [1.54, 1.807) is 16.9 Å². The average Bonchev–Trinajstić information content (AvgIpc) is 3.52. The van der Waals surface area contributed by atoms with Gasteiger partial charge in [0, 0.05) is 36.9 Å². The van der Waals surface area contributed by atoms with Crippen molar-refractivity contribution in [2.75, 3.05) is 17.6 Å². The largest absolute Gasteiger partial charge is 0.381 e. The van der Waals surface area contributed by atoms with Gasteiger partial charge in [0.05, 0.1) is 10.5 Å². The van der Waals surface area contributed by atoms with Gasteiger partial charge in [-0.15, -0.1) is 0 Å². The summed E-state index contributed by atoms with van der Waals surface area (Å²) in [6, 6.07) is 8.93. The molecule has 1 aliphatic carbocycles. The second-order valence-corrected chi connectivity index (χ2v) is 8.25. The second kappa shape index (κ2) is 8.08. The molecule has 0 aliphatic heterocycles. The molecule has 162 valence electrons. The van der Waals surface area contributed by atoms with Crippen LogP contribution in [0.3, 0.4) is 0 Å². The van der Waals surface area contributed by atoms with Crippen LogP contribution in [0.2, 0.25) is 5.02 Å². The van der Waals surface area contributed by atoms with Crippen molar-refractivity contribution in [1.82, 2.24) is 30.0 Å². The molecule has 0 atom stereocenters. The first-order valence-corrected chi connectivity index (χ1v) is 10.6. The van der Waals surface area contributed by atoms with E-state index in [0.29, 0.717) is 45.6 Å².